The second-order valence-electron chi connectivity index (χ2n) is 5.90. The first kappa shape index (κ1) is 17.4. The molecule has 9 heteroatoms. The van der Waals surface area contributed by atoms with E-state index in [1.807, 2.05) is 0 Å². The van der Waals surface area contributed by atoms with E-state index in [9.17, 15) is 18.3 Å². The molecule has 25 heavy (non-hydrogen) atoms. The highest BCUT2D eigenvalue weighted by atomic mass is 32.2. The Hall–Kier alpha value is -2.42. The Kier molecular flexibility index (Phi) is 4.06. The van der Waals surface area contributed by atoms with E-state index in [4.69, 9.17) is 14.2 Å². The third-order valence-corrected chi connectivity index (χ3v) is 6.21. The van der Waals surface area contributed by atoms with Crippen LogP contribution in [0.5, 0.6) is 11.5 Å². The van der Waals surface area contributed by atoms with Crippen molar-refractivity contribution >= 4 is 15.8 Å². The number of rotatable bonds is 4. The number of aliphatic hydroxyl groups is 1. The Balaban J connectivity index is 2.11. The molecule has 1 aromatic carbocycles. The fourth-order valence-electron chi connectivity index (χ4n) is 3.13. The number of sulfonamides is 1. The van der Waals surface area contributed by atoms with Crippen LogP contribution in [0.4, 0.5) is 0 Å². The van der Waals surface area contributed by atoms with Crippen molar-refractivity contribution in [3.63, 3.8) is 0 Å². The number of methoxy groups -OCH3 is 2. The summed E-state index contributed by atoms with van der Waals surface area (Å²) in [4.78, 5) is 12.8. The molecular weight excluding hydrogens is 350 g/mol. The minimum Gasteiger partial charge on any atom is -0.501 e. The van der Waals surface area contributed by atoms with E-state index in [2.05, 4.69) is 0 Å². The summed E-state index contributed by atoms with van der Waals surface area (Å²) in [5.41, 5.74) is -1.39. The zero-order valence-electron chi connectivity index (χ0n) is 14.1. The Morgan fingerprint density at radius 1 is 1.24 bits per heavy atom. The fourth-order valence-corrected chi connectivity index (χ4v) is 4.63. The number of hydrogen-bond donors (Lipinski definition) is 1. The fraction of sp³-hybridized carbons (Fsp3) is 0.438. The van der Waals surface area contributed by atoms with Crippen LogP contribution in [0.1, 0.15) is 18.9 Å². The third kappa shape index (κ3) is 2.50. The standard InChI is InChI=1S/C16H19NO7S/c1-16(12-10(22-2)6-4-7-11(12)23-3)14(19)13(18)15(24-16)17-8-5-9-25(17,20)21/h4,6-7,18H,5,8-9H2,1-3H3. The summed E-state index contributed by atoms with van der Waals surface area (Å²) >= 11 is 0. The summed E-state index contributed by atoms with van der Waals surface area (Å²) in [6.45, 7) is 1.59. The monoisotopic (exact) mass is 369 g/mol. The van der Waals surface area contributed by atoms with E-state index >= 15 is 0 Å². The molecule has 1 N–H and O–H groups in total. The Bertz CT molecular complexity index is 839. The molecule has 0 bridgehead atoms. The number of ketones is 1. The molecule has 1 atom stereocenters. The van der Waals surface area contributed by atoms with Crippen molar-refractivity contribution in [1.82, 2.24) is 4.31 Å². The smallest absolute Gasteiger partial charge is 0.252 e. The van der Waals surface area contributed by atoms with Crippen LogP contribution in [-0.2, 0) is 25.2 Å². The molecular formula is C16H19NO7S. The van der Waals surface area contributed by atoms with Crippen molar-refractivity contribution in [1.29, 1.82) is 0 Å². The van der Waals surface area contributed by atoms with Crippen molar-refractivity contribution in [3.8, 4) is 11.5 Å². The van der Waals surface area contributed by atoms with Gasteiger partial charge in [0.15, 0.2) is 0 Å². The van der Waals surface area contributed by atoms with Crippen LogP contribution < -0.4 is 9.47 Å². The highest BCUT2D eigenvalue weighted by Crippen LogP contribution is 2.47. The van der Waals surface area contributed by atoms with Crippen LogP contribution >= 0.6 is 0 Å². The van der Waals surface area contributed by atoms with E-state index < -0.39 is 27.2 Å². The highest BCUT2D eigenvalue weighted by Gasteiger charge is 2.54. The first-order chi connectivity index (χ1) is 11.8. The Morgan fingerprint density at radius 2 is 1.84 bits per heavy atom. The number of ether oxygens (including phenoxy) is 3. The predicted molar refractivity (Wildman–Crippen MR) is 87.8 cm³/mol. The van der Waals surface area contributed by atoms with Gasteiger partial charge in [-0.1, -0.05) is 6.07 Å². The molecule has 8 nitrogen and oxygen atoms in total. The lowest BCUT2D eigenvalue weighted by Gasteiger charge is -2.28. The second-order valence-corrected chi connectivity index (χ2v) is 7.91. The Morgan fingerprint density at radius 3 is 2.32 bits per heavy atom. The van der Waals surface area contributed by atoms with Crippen LogP contribution in [0, 0.1) is 0 Å². The van der Waals surface area contributed by atoms with E-state index in [1.165, 1.54) is 21.1 Å². The third-order valence-electron chi connectivity index (χ3n) is 4.38. The van der Waals surface area contributed by atoms with Gasteiger partial charge in [-0.05, 0) is 25.5 Å². The molecule has 2 aliphatic rings. The van der Waals surface area contributed by atoms with Gasteiger partial charge in [0, 0.05) is 6.54 Å². The average Bonchev–Trinajstić information content (AvgIpc) is 3.05. The molecule has 1 saturated heterocycles. The topological polar surface area (TPSA) is 102 Å². The van der Waals surface area contributed by atoms with Crippen LogP contribution in [0.25, 0.3) is 0 Å². The van der Waals surface area contributed by atoms with Gasteiger partial charge in [-0.2, -0.15) is 0 Å². The molecule has 1 aromatic rings. The summed E-state index contributed by atoms with van der Waals surface area (Å²) < 4.78 is 41.6. The number of carbonyl (C=O) groups is 1. The average molecular weight is 369 g/mol. The van der Waals surface area contributed by atoms with Crippen molar-refractivity contribution in [2.24, 2.45) is 0 Å². The molecule has 0 spiro atoms. The minimum absolute atomic E-state index is 0.0595. The van der Waals surface area contributed by atoms with E-state index in [0.29, 0.717) is 17.9 Å². The largest absolute Gasteiger partial charge is 0.501 e. The van der Waals surface area contributed by atoms with Crippen LogP contribution in [-0.4, -0.2) is 50.1 Å². The predicted octanol–water partition coefficient (Wildman–Crippen LogP) is 1.28. The maximum absolute atomic E-state index is 12.8. The number of benzene rings is 1. The van der Waals surface area contributed by atoms with Crippen LogP contribution in [0.3, 0.4) is 0 Å². The lowest BCUT2D eigenvalue weighted by molar-refractivity contribution is -0.132. The van der Waals surface area contributed by atoms with Gasteiger partial charge in [0.05, 0.1) is 25.5 Å². The second kappa shape index (κ2) is 5.83. The van der Waals surface area contributed by atoms with Gasteiger partial charge in [0.2, 0.25) is 21.4 Å². The Labute approximate surface area is 145 Å². The summed E-state index contributed by atoms with van der Waals surface area (Å²) in [7, 11) is -0.753. The van der Waals surface area contributed by atoms with Gasteiger partial charge in [-0.15, -0.1) is 0 Å². The molecule has 0 amide bonds. The van der Waals surface area contributed by atoms with Gasteiger partial charge in [0.25, 0.3) is 11.7 Å². The van der Waals surface area contributed by atoms with E-state index in [-0.39, 0.29) is 23.7 Å². The van der Waals surface area contributed by atoms with E-state index in [0.717, 1.165) is 4.31 Å². The maximum atomic E-state index is 12.8. The molecule has 0 radical (unpaired) electrons. The first-order valence-corrected chi connectivity index (χ1v) is 9.26. The number of hydrogen-bond acceptors (Lipinski definition) is 7. The summed E-state index contributed by atoms with van der Waals surface area (Å²) in [5, 5.41) is 10.3. The molecule has 1 unspecified atom stereocenters. The maximum Gasteiger partial charge on any atom is 0.252 e. The van der Waals surface area contributed by atoms with Crippen molar-refractivity contribution in [2.45, 2.75) is 18.9 Å². The van der Waals surface area contributed by atoms with Gasteiger partial charge in [0.1, 0.15) is 11.5 Å². The van der Waals surface area contributed by atoms with Gasteiger partial charge in [-0.25, -0.2) is 12.7 Å². The molecule has 1 fully saturated rings. The van der Waals surface area contributed by atoms with Crippen molar-refractivity contribution < 1.29 is 32.5 Å². The summed E-state index contributed by atoms with van der Waals surface area (Å²) in [6.07, 6.45) is 0.394. The van der Waals surface area contributed by atoms with Gasteiger partial charge in [-0.3, -0.25) is 4.79 Å². The highest BCUT2D eigenvalue weighted by molar-refractivity contribution is 7.89. The summed E-state index contributed by atoms with van der Waals surface area (Å²) in [6, 6.07) is 4.94. The van der Waals surface area contributed by atoms with Crippen molar-refractivity contribution in [3.05, 3.63) is 35.4 Å². The summed E-state index contributed by atoms with van der Waals surface area (Å²) in [5.74, 6) is -1.23. The van der Waals surface area contributed by atoms with Gasteiger partial charge >= 0.3 is 0 Å². The molecule has 0 saturated carbocycles. The van der Waals surface area contributed by atoms with E-state index in [1.54, 1.807) is 18.2 Å². The molecule has 0 aromatic heterocycles. The number of Topliss-reactive ketones (excluding diaryl/α,β-unsaturated/α-hetero) is 1. The molecule has 2 heterocycles. The van der Waals surface area contributed by atoms with Crippen LogP contribution in [0.2, 0.25) is 0 Å². The number of carbonyl (C=O) groups excluding carboxylic acids is 1. The molecule has 3 rings (SSSR count). The zero-order valence-corrected chi connectivity index (χ0v) is 14.9. The zero-order chi connectivity index (χ0) is 18.4. The van der Waals surface area contributed by atoms with Crippen molar-refractivity contribution in [2.75, 3.05) is 26.5 Å². The first-order valence-electron chi connectivity index (χ1n) is 7.65. The number of nitrogens with zero attached hydrogens (tertiary/aromatic N) is 1. The van der Waals surface area contributed by atoms with Gasteiger partial charge < -0.3 is 19.3 Å². The molecule has 0 aliphatic carbocycles. The normalized spacial score (nSPS) is 25.2. The number of aliphatic hydroxyl groups excluding tert-OH is 1. The van der Waals surface area contributed by atoms with Crippen LogP contribution in [0.15, 0.2) is 29.8 Å². The SMILES string of the molecule is COc1cccc(OC)c1C1(C)OC(N2CCCS2(=O)=O)=C(O)C1=O. The minimum atomic E-state index is -3.61. The lowest BCUT2D eigenvalue weighted by atomic mass is 9.90. The molecule has 136 valence electrons. The molecule has 2 aliphatic heterocycles. The quantitative estimate of drug-likeness (QED) is 0.853. The lowest BCUT2D eigenvalue weighted by Crippen LogP contribution is -2.33.